The van der Waals surface area contributed by atoms with E-state index < -0.39 is 5.41 Å². The highest BCUT2D eigenvalue weighted by molar-refractivity contribution is 5.85. The Morgan fingerprint density at radius 1 is 1.38 bits per heavy atom. The third-order valence-electron chi connectivity index (χ3n) is 4.75. The lowest BCUT2D eigenvalue weighted by molar-refractivity contribution is -0.128. The van der Waals surface area contributed by atoms with Crippen molar-refractivity contribution < 1.29 is 4.79 Å². The maximum absolute atomic E-state index is 12.0. The Morgan fingerprint density at radius 2 is 1.81 bits per heavy atom. The molecule has 0 bridgehead atoms. The minimum atomic E-state index is -0.894. The first-order valence-electron chi connectivity index (χ1n) is 5.85. The van der Waals surface area contributed by atoms with Crippen LogP contribution in [0.1, 0.15) is 48.0 Å². The molecule has 0 aromatic heterocycles. The Balaban J connectivity index is 2.73. The van der Waals surface area contributed by atoms with Gasteiger partial charge in [0, 0.05) is 6.04 Å². The quantitative estimate of drug-likeness (QED) is 0.797. The molecule has 1 fully saturated rings. The van der Waals surface area contributed by atoms with E-state index in [-0.39, 0.29) is 22.8 Å². The summed E-state index contributed by atoms with van der Waals surface area (Å²) in [4.78, 5) is 12.0. The summed E-state index contributed by atoms with van der Waals surface area (Å²) in [6.45, 7) is 12.2. The summed E-state index contributed by atoms with van der Waals surface area (Å²) < 4.78 is 0. The fourth-order valence-electron chi connectivity index (χ4n) is 2.14. The summed E-state index contributed by atoms with van der Waals surface area (Å²) in [7, 11) is 0. The first kappa shape index (κ1) is 13.0. The largest absolute Gasteiger partial charge is 0.351 e. The van der Waals surface area contributed by atoms with Gasteiger partial charge in [-0.3, -0.25) is 4.79 Å². The fourth-order valence-corrected chi connectivity index (χ4v) is 2.14. The second kappa shape index (κ2) is 3.48. The van der Waals surface area contributed by atoms with Crippen LogP contribution in [-0.4, -0.2) is 11.9 Å². The van der Waals surface area contributed by atoms with Crippen molar-refractivity contribution in [2.24, 2.45) is 16.2 Å². The van der Waals surface area contributed by atoms with Gasteiger partial charge < -0.3 is 5.32 Å². The maximum atomic E-state index is 12.0. The number of amides is 1. The molecule has 0 aliphatic heterocycles. The Morgan fingerprint density at radius 3 is 2.06 bits per heavy atom. The highest BCUT2D eigenvalue weighted by atomic mass is 16.2. The average Bonchev–Trinajstić information content (AvgIpc) is 2.59. The first-order valence-corrected chi connectivity index (χ1v) is 5.85. The summed E-state index contributed by atoms with van der Waals surface area (Å²) in [5.41, 5.74) is -0.658. The van der Waals surface area contributed by atoms with Crippen molar-refractivity contribution >= 4 is 5.91 Å². The molecule has 1 atom stereocenters. The molecule has 0 heterocycles. The van der Waals surface area contributed by atoms with Crippen molar-refractivity contribution in [3.8, 4) is 6.07 Å². The zero-order valence-electron chi connectivity index (χ0n) is 11.1. The highest BCUT2D eigenvalue weighted by Gasteiger charge is 2.65. The Bertz CT molecular complexity index is 337. The van der Waals surface area contributed by atoms with Crippen LogP contribution in [0.2, 0.25) is 0 Å². The van der Waals surface area contributed by atoms with E-state index >= 15 is 0 Å². The normalized spacial score (nSPS) is 25.3. The van der Waals surface area contributed by atoms with Crippen molar-refractivity contribution in [3.05, 3.63) is 0 Å². The van der Waals surface area contributed by atoms with Gasteiger partial charge in [-0.05, 0) is 24.2 Å². The summed E-state index contributed by atoms with van der Waals surface area (Å²) in [6.07, 6.45) is 0.545. The van der Waals surface area contributed by atoms with E-state index in [4.69, 9.17) is 5.26 Å². The number of rotatable bonds is 3. The van der Waals surface area contributed by atoms with Crippen LogP contribution in [0.3, 0.4) is 0 Å². The minimum absolute atomic E-state index is 0.118. The zero-order chi connectivity index (χ0) is 12.8. The summed E-state index contributed by atoms with van der Waals surface area (Å²) in [6, 6.07) is 2.28. The van der Waals surface area contributed by atoms with E-state index in [0.717, 1.165) is 0 Å². The van der Waals surface area contributed by atoms with Crippen LogP contribution in [0.15, 0.2) is 0 Å². The van der Waals surface area contributed by atoms with Crippen molar-refractivity contribution in [1.82, 2.24) is 5.32 Å². The lowest BCUT2D eigenvalue weighted by Gasteiger charge is -2.19. The second-order valence-corrected chi connectivity index (χ2v) is 6.15. The number of carbonyl (C=O) groups is 1. The van der Waals surface area contributed by atoms with Gasteiger partial charge in [-0.25, -0.2) is 0 Å². The predicted octanol–water partition coefficient (Wildman–Crippen LogP) is 2.48. The number of nitriles is 1. The molecule has 1 rings (SSSR count). The highest BCUT2D eigenvalue weighted by Crippen LogP contribution is 2.62. The minimum Gasteiger partial charge on any atom is -0.351 e. The molecule has 16 heavy (non-hydrogen) atoms. The number of hydrogen-bond acceptors (Lipinski definition) is 2. The molecule has 0 radical (unpaired) electrons. The van der Waals surface area contributed by atoms with Crippen LogP contribution >= 0.6 is 0 Å². The van der Waals surface area contributed by atoms with Crippen molar-refractivity contribution in [2.45, 2.75) is 54.0 Å². The number of nitrogens with zero attached hydrogens (tertiary/aromatic N) is 1. The lowest BCUT2D eigenvalue weighted by atomic mass is 9.88. The molecule has 90 valence electrons. The van der Waals surface area contributed by atoms with E-state index in [0.29, 0.717) is 6.42 Å². The smallest absolute Gasteiger partial charge is 0.240 e. The monoisotopic (exact) mass is 222 g/mol. The van der Waals surface area contributed by atoms with Gasteiger partial charge >= 0.3 is 0 Å². The molecule has 1 unspecified atom stereocenters. The van der Waals surface area contributed by atoms with Crippen LogP contribution in [0.5, 0.6) is 0 Å². The van der Waals surface area contributed by atoms with Crippen LogP contribution in [0, 0.1) is 27.6 Å². The molecular formula is C13H22N2O. The van der Waals surface area contributed by atoms with E-state index in [1.165, 1.54) is 0 Å². The van der Waals surface area contributed by atoms with E-state index in [1.54, 1.807) is 6.92 Å². The fraction of sp³-hybridized carbons (Fsp3) is 0.846. The molecule has 0 saturated heterocycles. The zero-order valence-corrected chi connectivity index (χ0v) is 11.1. The Kier molecular flexibility index (Phi) is 2.83. The Labute approximate surface area is 98.2 Å². The second-order valence-electron chi connectivity index (χ2n) is 6.15. The molecule has 3 heteroatoms. The van der Waals surface area contributed by atoms with Crippen molar-refractivity contribution in [2.75, 3.05) is 0 Å². The first-order chi connectivity index (χ1) is 7.13. The summed E-state index contributed by atoms with van der Waals surface area (Å²) in [5.74, 6) is -0.138. The Hall–Kier alpha value is -1.04. The van der Waals surface area contributed by atoms with Gasteiger partial charge in [-0.1, -0.05) is 34.6 Å². The van der Waals surface area contributed by atoms with Crippen LogP contribution in [0.4, 0.5) is 0 Å². The maximum Gasteiger partial charge on any atom is 0.240 e. The van der Waals surface area contributed by atoms with Gasteiger partial charge in [0.1, 0.15) is 5.41 Å². The number of carbonyl (C=O) groups excluding carboxylic acids is 1. The molecule has 1 aliphatic rings. The molecule has 1 amide bonds. The van der Waals surface area contributed by atoms with Gasteiger partial charge in [-0.2, -0.15) is 5.26 Å². The van der Waals surface area contributed by atoms with Gasteiger partial charge in [0.05, 0.1) is 6.07 Å². The summed E-state index contributed by atoms with van der Waals surface area (Å²) in [5, 5.41) is 12.1. The molecule has 0 aromatic rings. The molecule has 1 aliphatic carbocycles. The number of nitrogens with one attached hydrogen (secondary N) is 1. The van der Waals surface area contributed by atoms with E-state index in [2.05, 4.69) is 39.1 Å². The van der Waals surface area contributed by atoms with Crippen molar-refractivity contribution in [3.63, 3.8) is 0 Å². The van der Waals surface area contributed by atoms with Gasteiger partial charge in [0.2, 0.25) is 5.91 Å². The van der Waals surface area contributed by atoms with Crippen LogP contribution < -0.4 is 5.32 Å². The SMILES string of the molecule is CCC(C)(C#N)C(=O)NC1C(C)(C)C1(C)C. The molecule has 0 spiro atoms. The third-order valence-corrected chi connectivity index (χ3v) is 4.75. The predicted molar refractivity (Wildman–Crippen MR) is 63.5 cm³/mol. The lowest BCUT2D eigenvalue weighted by Crippen LogP contribution is -2.40. The van der Waals surface area contributed by atoms with Crippen LogP contribution in [-0.2, 0) is 4.79 Å². The summed E-state index contributed by atoms with van der Waals surface area (Å²) >= 11 is 0. The molecule has 3 nitrogen and oxygen atoms in total. The topological polar surface area (TPSA) is 52.9 Å². The molecule has 0 aromatic carbocycles. The molecular weight excluding hydrogens is 200 g/mol. The van der Waals surface area contributed by atoms with Crippen LogP contribution in [0.25, 0.3) is 0 Å². The average molecular weight is 222 g/mol. The number of hydrogen-bond donors (Lipinski definition) is 1. The van der Waals surface area contributed by atoms with Crippen molar-refractivity contribution in [1.29, 1.82) is 5.26 Å². The third kappa shape index (κ3) is 1.61. The van der Waals surface area contributed by atoms with Gasteiger partial charge in [-0.15, -0.1) is 0 Å². The van der Waals surface area contributed by atoms with E-state index in [1.807, 2.05) is 6.92 Å². The van der Waals surface area contributed by atoms with Gasteiger partial charge in [0.15, 0.2) is 0 Å². The standard InChI is InChI=1S/C13H22N2O/c1-7-13(6,8-14)10(16)15-9-11(2,3)12(9,4)5/h9H,7H2,1-6H3,(H,15,16). The van der Waals surface area contributed by atoms with Gasteiger partial charge in [0.25, 0.3) is 0 Å². The van der Waals surface area contributed by atoms with E-state index in [9.17, 15) is 4.79 Å². The molecule has 1 saturated carbocycles. The molecule has 1 N–H and O–H groups in total.